The Morgan fingerprint density at radius 2 is 1.96 bits per heavy atom. The van der Waals surface area contributed by atoms with Crippen LogP contribution in [0.4, 0.5) is 4.39 Å². The fourth-order valence-electron chi connectivity index (χ4n) is 2.70. The van der Waals surface area contributed by atoms with E-state index in [1.165, 1.54) is 18.2 Å². The molecular weight excluding hydrogens is 317 g/mol. The fourth-order valence-corrected chi connectivity index (χ4v) is 4.28. The van der Waals surface area contributed by atoms with Gasteiger partial charge in [0.15, 0.2) is 9.84 Å². The number of fused-ring (bicyclic) bond motifs is 1. The zero-order valence-corrected chi connectivity index (χ0v) is 13.2. The van der Waals surface area contributed by atoms with E-state index in [1.807, 2.05) is 0 Å². The van der Waals surface area contributed by atoms with Crippen LogP contribution in [-0.4, -0.2) is 20.1 Å². The number of benzene rings is 2. The first-order chi connectivity index (χ1) is 11.0. The SMILES string of the molecule is O=C(NCc1ccccc1F)c1ccc2c(c1)CCCS2(=O)=O. The third-order valence-electron chi connectivity index (χ3n) is 3.91. The molecule has 0 fully saturated rings. The third-order valence-corrected chi connectivity index (χ3v) is 5.81. The van der Waals surface area contributed by atoms with Gasteiger partial charge in [0.2, 0.25) is 0 Å². The highest BCUT2D eigenvalue weighted by atomic mass is 32.2. The molecule has 0 spiro atoms. The topological polar surface area (TPSA) is 63.2 Å². The highest BCUT2D eigenvalue weighted by Gasteiger charge is 2.24. The van der Waals surface area contributed by atoms with Crippen molar-refractivity contribution in [3.05, 3.63) is 65.0 Å². The molecule has 3 rings (SSSR count). The van der Waals surface area contributed by atoms with E-state index in [9.17, 15) is 17.6 Å². The van der Waals surface area contributed by atoms with Gasteiger partial charge >= 0.3 is 0 Å². The van der Waals surface area contributed by atoms with Gasteiger partial charge in [0.25, 0.3) is 5.91 Å². The maximum absolute atomic E-state index is 13.5. The van der Waals surface area contributed by atoms with Crippen molar-refractivity contribution in [3.63, 3.8) is 0 Å². The Balaban J connectivity index is 1.77. The van der Waals surface area contributed by atoms with Crippen molar-refractivity contribution < 1.29 is 17.6 Å². The van der Waals surface area contributed by atoms with Crippen LogP contribution in [-0.2, 0) is 22.8 Å². The highest BCUT2D eigenvalue weighted by molar-refractivity contribution is 7.91. The maximum Gasteiger partial charge on any atom is 0.251 e. The number of sulfone groups is 1. The minimum Gasteiger partial charge on any atom is -0.348 e. The third kappa shape index (κ3) is 3.27. The van der Waals surface area contributed by atoms with Crippen LogP contribution < -0.4 is 5.32 Å². The molecule has 0 aromatic heterocycles. The first kappa shape index (κ1) is 15.7. The van der Waals surface area contributed by atoms with Crippen LogP contribution >= 0.6 is 0 Å². The molecule has 1 amide bonds. The van der Waals surface area contributed by atoms with Crippen LogP contribution in [0.25, 0.3) is 0 Å². The first-order valence-electron chi connectivity index (χ1n) is 7.35. The Bertz CT molecular complexity index is 862. The molecule has 0 radical (unpaired) electrons. The molecule has 6 heteroatoms. The number of halogens is 1. The predicted molar refractivity (Wildman–Crippen MR) is 84.4 cm³/mol. The van der Waals surface area contributed by atoms with Gasteiger partial charge in [0.05, 0.1) is 10.6 Å². The lowest BCUT2D eigenvalue weighted by Gasteiger charge is -2.17. The second-order valence-corrected chi connectivity index (χ2v) is 7.60. The second-order valence-electron chi connectivity index (χ2n) is 5.52. The average molecular weight is 333 g/mol. The molecule has 0 aliphatic carbocycles. The van der Waals surface area contributed by atoms with E-state index in [0.29, 0.717) is 34.4 Å². The Morgan fingerprint density at radius 1 is 1.17 bits per heavy atom. The molecule has 0 bridgehead atoms. The van der Waals surface area contributed by atoms with E-state index in [4.69, 9.17) is 0 Å². The number of amides is 1. The van der Waals surface area contributed by atoms with Crippen LogP contribution in [0.3, 0.4) is 0 Å². The molecule has 1 aliphatic heterocycles. The smallest absolute Gasteiger partial charge is 0.251 e. The summed E-state index contributed by atoms with van der Waals surface area (Å²) in [4.78, 5) is 12.5. The lowest BCUT2D eigenvalue weighted by Crippen LogP contribution is -2.24. The number of rotatable bonds is 3. The molecule has 1 N–H and O–H groups in total. The van der Waals surface area contributed by atoms with Gasteiger partial charge in [-0.25, -0.2) is 12.8 Å². The van der Waals surface area contributed by atoms with Gasteiger partial charge in [0, 0.05) is 17.7 Å². The van der Waals surface area contributed by atoms with Crippen LogP contribution in [0.5, 0.6) is 0 Å². The largest absolute Gasteiger partial charge is 0.348 e. The van der Waals surface area contributed by atoms with Crippen molar-refractivity contribution in [1.29, 1.82) is 0 Å². The van der Waals surface area contributed by atoms with Crippen molar-refractivity contribution in [2.24, 2.45) is 0 Å². The van der Waals surface area contributed by atoms with E-state index in [1.54, 1.807) is 24.3 Å². The second kappa shape index (κ2) is 6.12. The Labute approximate surface area is 134 Å². The summed E-state index contributed by atoms with van der Waals surface area (Å²) in [6.07, 6.45) is 1.21. The molecule has 1 heterocycles. The summed E-state index contributed by atoms with van der Waals surface area (Å²) in [5.74, 6) is -0.567. The van der Waals surface area contributed by atoms with Crippen LogP contribution in [0.2, 0.25) is 0 Å². The molecular formula is C17H16FNO3S. The standard InChI is InChI=1S/C17H16FNO3S/c18-15-6-2-1-4-14(15)11-19-17(20)13-7-8-16-12(10-13)5-3-9-23(16,21)22/h1-2,4,6-8,10H,3,5,9,11H2,(H,19,20). The molecule has 0 saturated carbocycles. The molecule has 0 atom stereocenters. The normalized spacial score (nSPS) is 15.7. The van der Waals surface area contributed by atoms with Crippen molar-refractivity contribution in [1.82, 2.24) is 5.32 Å². The average Bonchev–Trinajstić information content (AvgIpc) is 2.53. The summed E-state index contributed by atoms with van der Waals surface area (Å²) >= 11 is 0. The zero-order chi connectivity index (χ0) is 16.4. The van der Waals surface area contributed by atoms with E-state index in [0.717, 1.165) is 0 Å². The fraction of sp³-hybridized carbons (Fsp3) is 0.235. The van der Waals surface area contributed by atoms with Gasteiger partial charge in [-0.15, -0.1) is 0 Å². The summed E-state index contributed by atoms with van der Waals surface area (Å²) < 4.78 is 37.5. The lowest BCUT2D eigenvalue weighted by atomic mass is 10.1. The molecule has 2 aromatic rings. The van der Waals surface area contributed by atoms with Gasteiger partial charge in [-0.05, 0) is 42.7 Å². The van der Waals surface area contributed by atoms with Gasteiger partial charge in [-0.1, -0.05) is 18.2 Å². The van der Waals surface area contributed by atoms with Crippen LogP contribution in [0, 0.1) is 5.82 Å². The quantitative estimate of drug-likeness (QED) is 0.938. The van der Waals surface area contributed by atoms with Gasteiger partial charge in [0.1, 0.15) is 5.82 Å². The van der Waals surface area contributed by atoms with Gasteiger partial charge in [-0.3, -0.25) is 4.79 Å². The van der Waals surface area contributed by atoms with Crippen molar-refractivity contribution in [2.45, 2.75) is 24.3 Å². The summed E-state index contributed by atoms with van der Waals surface area (Å²) in [6, 6.07) is 10.8. The molecule has 2 aromatic carbocycles. The zero-order valence-electron chi connectivity index (χ0n) is 12.4. The molecule has 0 saturated heterocycles. The van der Waals surface area contributed by atoms with E-state index in [2.05, 4.69) is 5.32 Å². The van der Waals surface area contributed by atoms with Crippen LogP contribution in [0.1, 0.15) is 27.9 Å². The Hall–Kier alpha value is -2.21. The Morgan fingerprint density at radius 3 is 2.74 bits per heavy atom. The maximum atomic E-state index is 13.5. The summed E-state index contributed by atoms with van der Waals surface area (Å²) in [7, 11) is -3.23. The van der Waals surface area contributed by atoms with Crippen molar-refractivity contribution in [3.8, 4) is 0 Å². The van der Waals surface area contributed by atoms with Crippen molar-refractivity contribution >= 4 is 15.7 Å². The number of hydrogen-bond acceptors (Lipinski definition) is 3. The number of carbonyl (C=O) groups excluding carboxylic acids is 1. The number of nitrogens with one attached hydrogen (secondary N) is 1. The minimum atomic E-state index is -3.23. The molecule has 23 heavy (non-hydrogen) atoms. The first-order valence-corrected chi connectivity index (χ1v) is 9.00. The molecule has 0 unspecified atom stereocenters. The van der Waals surface area contributed by atoms with Crippen molar-refractivity contribution in [2.75, 3.05) is 5.75 Å². The number of aryl methyl sites for hydroxylation is 1. The van der Waals surface area contributed by atoms with Crippen LogP contribution in [0.15, 0.2) is 47.4 Å². The highest BCUT2D eigenvalue weighted by Crippen LogP contribution is 2.25. The van der Waals surface area contributed by atoms with Gasteiger partial charge < -0.3 is 5.32 Å². The Kier molecular flexibility index (Phi) is 4.17. The summed E-state index contributed by atoms with van der Waals surface area (Å²) in [5.41, 5.74) is 1.47. The summed E-state index contributed by atoms with van der Waals surface area (Å²) in [5, 5.41) is 2.66. The number of carbonyl (C=O) groups is 1. The molecule has 4 nitrogen and oxygen atoms in total. The van der Waals surface area contributed by atoms with E-state index < -0.39 is 9.84 Å². The number of hydrogen-bond donors (Lipinski definition) is 1. The van der Waals surface area contributed by atoms with E-state index >= 15 is 0 Å². The molecule has 1 aliphatic rings. The monoisotopic (exact) mass is 333 g/mol. The predicted octanol–water partition coefficient (Wildman–Crippen LogP) is 2.48. The summed E-state index contributed by atoms with van der Waals surface area (Å²) in [6.45, 7) is 0.0842. The lowest BCUT2D eigenvalue weighted by molar-refractivity contribution is 0.0950. The molecule has 120 valence electrons. The van der Waals surface area contributed by atoms with E-state index in [-0.39, 0.29) is 24.0 Å². The minimum absolute atomic E-state index is 0.0842. The van der Waals surface area contributed by atoms with Gasteiger partial charge in [-0.2, -0.15) is 0 Å².